The Hall–Kier alpha value is -3.16. The van der Waals surface area contributed by atoms with E-state index in [-0.39, 0.29) is 22.8 Å². The van der Waals surface area contributed by atoms with Gasteiger partial charge in [-0.3, -0.25) is 19.7 Å². The van der Waals surface area contributed by atoms with Crippen molar-refractivity contribution >= 4 is 17.4 Å². The van der Waals surface area contributed by atoms with E-state index in [1.807, 2.05) is 0 Å². The summed E-state index contributed by atoms with van der Waals surface area (Å²) in [6.07, 6.45) is 0. The van der Waals surface area contributed by atoms with E-state index in [0.29, 0.717) is 17.0 Å². The summed E-state index contributed by atoms with van der Waals surface area (Å²) in [5, 5.41) is 10.8. The minimum atomic E-state index is -0.566. The Morgan fingerprint density at radius 2 is 1.75 bits per heavy atom. The zero-order valence-electron chi connectivity index (χ0n) is 13.7. The van der Waals surface area contributed by atoms with Gasteiger partial charge in [-0.15, -0.1) is 0 Å². The van der Waals surface area contributed by atoms with E-state index in [9.17, 15) is 19.7 Å². The maximum absolute atomic E-state index is 12.1. The molecule has 2 rings (SSSR count). The van der Waals surface area contributed by atoms with Crippen molar-refractivity contribution in [3.63, 3.8) is 0 Å². The molecule has 0 atom stereocenters. The molecule has 8 heteroatoms. The molecule has 0 radical (unpaired) electrons. The molecule has 0 amide bonds. The lowest BCUT2D eigenvalue weighted by Crippen LogP contribution is -2.10. The number of ketones is 1. The third kappa shape index (κ3) is 2.98. The van der Waals surface area contributed by atoms with Crippen LogP contribution in [0.5, 0.6) is 5.75 Å². The first-order valence-electron chi connectivity index (χ1n) is 7.01. The average molecular weight is 332 g/mol. The smallest absolute Gasteiger partial charge is 0.308 e. The highest BCUT2D eigenvalue weighted by Crippen LogP contribution is 2.37. The summed E-state index contributed by atoms with van der Waals surface area (Å²) in [7, 11) is 1.41. The van der Waals surface area contributed by atoms with E-state index in [0.717, 1.165) is 0 Å². The molecule has 0 N–H and O–H groups in total. The van der Waals surface area contributed by atoms with Crippen molar-refractivity contribution in [1.29, 1.82) is 0 Å². The van der Waals surface area contributed by atoms with E-state index < -0.39 is 10.9 Å². The fourth-order valence-corrected chi connectivity index (χ4v) is 2.48. The van der Waals surface area contributed by atoms with E-state index >= 15 is 0 Å². The topological polar surface area (TPSA) is 101 Å². The number of nitrogens with zero attached hydrogens (tertiary/aromatic N) is 2. The molecule has 0 unspecified atom stereocenters. The van der Waals surface area contributed by atoms with Gasteiger partial charge < -0.3 is 9.57 Å². The van der Waals surface area contributed by atoms with E-state index in [4.69, 9.17) is 9.57 Å². The molecule has 0 aliphatic carbocycles. The standard InChI is InChI=1S/C16H16N2O6/c1-9-16(24-11(3)20)14(10(2)19)15(17(9)23-4)12-5-7-13(8-6-12)18(21)22/h5-8H,1-4H3. The summed E-state index contributed by atoms with van der Waals surface area (Å²) in [5.41, 5.74) is 1.43. The fourth-order valence-electron chi connectivity index (χ4n) is 2.48. The van der Waals surface area contributed by atoms with Crippen LogP contribution in [0.4, 0.5) is 5.69 Å². The number of benzene rings is 1. The third-order valence-corrected chi connectivity index (χ3v) is 3.43. The van der Waals surface area contributed by atoms with E-state index in [1.165, 1.54) is 50.0 Å². The van der Waals surface area contributed by atoms with Crippen LogP contribution in [0.15, 0.2) is 24.3 Å². The van der Waals surface area contributed by atoms with Crippen LogP contribution >= 0.6 is 0 Å². The SMILES string of the molecule is COn1c(C)c(OC(C)=O)c(C(C)=O)c1-c1ccc([N+](=O)[O-])cc1. The maximum Gasteiger partial charge on any atom is 0.308 e. The van der Waals surface area contributed by atoms with Crippen LogP contribution in [-0.2, 0) is 4.79 Å². The Balaban J connectivity index is 2.73. The largest absolute Gasteiger partial charge is 0.424 e. The number of ether oxygens (including phenoxy) is 1. The Bertz CT molecular complexity index is 820. The van der Waals surface area contributed by atoms with Gasteiger partial charge in [0.25, 0.3) is 5.69 Å². The zero-order valence-corrected chi connectivity index (χ0v) is 13.7. The van der Waals surface area contributed by atoms with Crippen molar-refractivity contribution in [2.75, 3.05) is 7.11 Å². The fraction of sp³-hybridized carbons (Fsp3) is 0.250. The molecular weight excluding hydrogens is 316 g/mol. The lowest BCUT2D eigenvalue weighted by Gasteiger charge is -2.09. The maximum atomic E-state index is 12.1. The molecule has 0 fully saturated rings. The second-order valence-corrected chi connectivity index (χ2v) is 5.07. The number of esters is 1. The number of aromatic nitrogens is 1. The minimum absolute atomic E-state index is 0.0735. The Morgan fingerprint density at radius 1 is 1.17 bits per heavy atom. The molecule has 24 heavy (non-hydrogen) atoms. The second kappa shape index (κ2) is 6.53. The molecule has 0 saturated heterocycles. The molecule has 8 nitrogen and oxygen atoms in total. The van der Waals surface area contributed by atoms with Crippen LogP contribution in [0.2, 0.25) is 0 Å². The molecule has 1 aromatic carbocycles. The molecular formula is C16H16N2O6. The average Bonchev–Trinajstić information content (AvgIpc) is 2.79. The van der Waals surface area contributed by atoms with Gasteiger partial charge in [-0.1, -0.05) is 0 Å². The number of nitro benzene ring substituents is 1. The first kappa shape index (κ1) is 17.2. The van der Waals surface area contributed by atoms with Gasteiger partial charge in [0.15, 0.2) is 11.5 Å². The second-order valence-electron chi connectivity index (χ2n) is 5.07. The zero-order chi connectivity index (χ0) is 18.0. The molecule has 0 bridgehead atoms. The third-order valence-electron chi connectivity index (χ3n) is 3.43. The number of hydrogen-bond acceptors (Lipinski definition) is 6. The van der Waals surface area contributed by atoms with Gasteiger partial charge in [0, 0.05) is 24.6 Å². The molecule has 1 heterocycles. The molecule has 126 valence electrons. The van der Waals surface area contributed by atoms with Crippen molar-refractivity contribution in [3.8, 4) is 17.0 Å². The van der Waals surface area contributed by atoms with Crippen molar-refractivity contribution in [3.05, 3.63) is 45.6 Å². The summed E-state index contributed by atoms with van der Waals surface area (Å²) in [4.78, 5) is 39.1. The number of nitro groups is 1. The van der Waals surface area contributed by atoms with Crippen LogP contribution in [0.25, 0.3) is 11.3 Å². The van der Waals surface area contributed by atoms with Gasteiger partial charge in [-0.25, -0.2) is 0 Å². The van der Waals surface area contributed by atoms with Gasteiger partial charge in [0.1, 0.15) is 12.8 Å². The summed E-state index contributed by atoms with van der Waals surface area (Å²) in [6, 6.07) is 5.67. The first-order valence-corrected chi connectivity index (χ1v) is 7.01. The monoisotopic (exact) mass is 332 g/mol. The molecule has 1 aromatic heterocycles. The normalized spacial score (nSPS) is 10.3. The molecule has 2 aromatic rings. The minimum Gasteiger partial charge on any atom is -0.424 e. The van der Waals surface area contributed by atoms with Crippen molar-refractivity contribution in [2.24, 2.45) is 0 Å². The number of non-ortho nitro benzene ring substituents is 1. The highest BCUT2D eigenvalue weighted by Gasteiger charge is 2.28. The molecule has 0 aliphatic heterocycles. The summed E-state index contributed by atoms with van der Waals surface area (Å²) in [5.74, 6) is -0.771. The van der Waals surface area contributed by atoms with Gasteiger partial charge in [0.2, 0.25) is 0 Å². The lowest BCUT2D eigenvalue weighted by molar-refractivity contribution is -0.384. The number of carbonyl (C=O) groups is 2. The predicted octanol–water partition coefficient (Wildman–Crippen LogP) is 2.56. The van der Waals surface area contributed by atoms with Crippen LogP contribution < -0.4 is 9.57 Å². The number of carbonyl (C=O) groups excluding carboxylic acids is 2. The lowest BCUT2D eigenvalue weighted by atomic mass is 10.0. The quantitative estimate of drug-likeness (QED) is 0.361. The molecule has 0 spiro atoms. The Labute approximate surface area is 137 Å². The Morgan fingerprint density at radius 3 is 2.17 bits per heavy atom. The molecule has 0 saturated carbocycles. The van der Waals surface area contributed by atoms with Crippen molar-refractivity contribution in [1.82, 2.24) is 4.73 Å². The van der Waals surface area contributed by atoms with Crippen molar-refractivity contribution < 1.29 is 24.1 Å². The highest BCUT2D eigenvalue weighted by atomic mass is 16.6. The van der Waals surface area contributed by atoms with Crippen LogP contribution in [-0.4, -0.2) is 28.5 Å². The van der Waals surface area contributed by atoms with Gasteiger partial charge in [0.05, 0.1) is 16.2 Å². The van der Waals surface area contributed by atoms with Gasteiger partial charge >= 0.3 is 5.97 Å². The first-order chi connectivity index (χ1) is 11.3. The van der Waals surface area contributed by atoms with Gasteiger partial charge in [-0.05, 0) is 26.0 Å². The van der Waals surface area contributed by atoms with E-state index in [2.05, 4.69) is 0 Å². The molecule has 0 aliphatic rings. The summed E-state index contributed by atoms with van der Waals surface area (Å²) in [6.45, 7) is 4.22. The predicted molar refractivity (Wildman–Crippen MR) is 85.1 cm³/mol. The van der Waals surface area contributed by atoms with Gasteiger partial charge in [-0.2, -0.15) is 4.73 Å². The van der Waals surface area contributed by atoms with Crippen LogP contribution in [0.3, 0.4) is 0 Å². The highest BCUT2D eigenvalue weighted by molar-refractivity contribution is 6.04. The van der Waals surface area contributed by atoms with Crippen LogP contribution in [0.1, 0.15) is 29.9 Å². The summed E-state index contributed by atoms with van der Waals surface area (Å²) < 4.78 is 6.53. The Kier molecular flexibility index (Phi) is 4.68. The van der Waals surface area contributed by atoms with E-state index in [1.54, 1.807) is 6.92 Å². The van der Waals surface area contributed by atoms with Crippen LogP contribution in [0, 0.1) is 17.0 Å². The summed E-state index contributed by atoms with van der Waals surface area (Å²) >= 11 is 0. The number of rotatable bonds is 5. The number of hydrogen-bond donors (Lipinski definition) is 0. The van der Waals surface area contributed by atoms with Crippen molar-refractivity contribution in [2.45, 2.75) is 20.8 Å². The number of Topliss-reactive ketones (excluding diaryl/α,β-unsaturated/α-hetero) is 1.